The van der Waals surface area contributed by atoms with E-state index in [1.54, 1.807) is 6.07 Å². The number of nitriles is 1. The number of rotatable bonds is 3. The first-order chi connectivity index (χ1) is 9.89. The average molecular weight is 305 g/mol. The van der Waals surface area contributed by atoms with Crippen LogP contribution < -0.4 is 0 Å². The Kier molecular flexibility index (Phi) is 5.27. The molecule has 0 aromatic heterocycles. The van der Waals surface area contributed by atoms with E-state index in [1.165, 1.54) is 0 Å². The molecule has 0 saturated carbocycles. The minimum Gasteiger partial charge on any atom is -0.507 e. The first-order valence-corrected chi connectivity index (χ1v) is 7.50. The molecule has 1 aromatic carbocycles. The van der Waals surface area contributed by atoms with E-state index in [0.29, 0.717) is 0 Å². The van der Waals surface area contributed by atoms with Crippen LogP contribution in [0.25, 0.3) is 0 Å². The third kappa shape index (κ3) is 4.00. The standard InChI is InChI=1S/C18H27NO3/c1-17(2,3)11-9-12(16(22)14(20)7-8-19)15(21)13(10-11)18(4,5)6/h9-10,14,16,20-22H,7H2,1-6H3. The van der Waals surface area contributed by atoms with Gasteiger partial charge in [-0.25, -0.2) is 0 Å². The Morgan fingerprint density at radius 3 is 2.00 bits per heavy atom. The van der Waals surface area contributed by atoms with Gasteiger partial charge < -0.3 is 15.3 Å². The summed E-state index contributed by atoms with van der Waals surface area (Å²) in [7, 11) is 0. The molecule has 2 unspecified atom stereocenters. The van der Waals surface area contributed by atoms with Crippen molar-refractivity contribution >= 4 is 0 Å². The molecule has 2 atom stereocenters. The summed E-state index contributed by atoms with van der Waals surface area (Å²) in [5.74, 6) is -0.00927. The van der Waals surface area contributed by atoms with E-state index < -0.39 is 12.2 Å². The van der Waals surface area contributed by atoms with Crippen LogP contribution in [0.2, 0.25) is 0 Å². The third-order valence-corrected chi connectivity index (χ3v) is 3.80. The van der Waals surface area contributed by atoms with Crippen molar-refractivity contribution in [3.63, 3.8) is 0 Å². The summed E-state index contributed by atoms with van der Waals surface area (Å²) in [5, 5.41) is 39.5. The molecule has 0 heterocycles. The normalized spacial score (nSPS) is 15.2. The minimum atomic E-state index is -1.29. The highest BCUT2D eigenvalue weighted by molar-refractivity contribution is 5.49. The predicted molar refractivity (Wildman–Crippen MR) is 86.7 cm³/mol. The van der Waals surface area contributed by atoms with Crippen LogP contribution >= 0.6 is 0 Å². The molecule has 1 rings (SSSR count). The maximum atomic E-state index is 10.5. The van der Waals surface area contributed by atoms with Crippen molar-refractivity contribution < 1.29 is 15.3 Å². The number of phenolic OH excluding ortho intramolecular Hbond substituents is 1. The molecule has 0 aliphatic carbocycles. The molecule has 0 bridgehead atoms. The van der Waals surface area contributed by atoms with E-state index in [4.69, 9.17) is 5.26 Å². The van der Waals surface area contributed by atoms with E-state index >= 15 is 0 Å². The Bertz CT molecular complexity index is 574. The van der Waals surface area contributed by atoms with Crippen molar-refractivity contribution in [3.8, 4) is 11.8 Å². The number of nitrogens with zero attached hydrogens (tertiary/aromatic N) is 1. The Hall–Kier alpha value is -1.57. The first kappa shape index (κ1) is 18.5. The molecule has 1 aromatic rings. The van der Waals surface area contributed by atoms with Crippen LogP contribution in [-0.4, -0.2) is 21.4 Å². The second kappa shape index (κ2) is 6.28. The van der Waals surface area contributed by atoms with Crippen molar-refractivity contribution in [2.45, 2.75) is 71.0 Å². The summed E-state index contributed by atoms with van der Waals surface area (Å²) in [6.45, 7) is 12.1. The number of hydrogen-bond acceptors (Lipinski definition) is 4. The molecular formula is C18H27NO3. The van der Waals surface area contributed by atoms with Gasteiger partial charge in [-0.2, -0.15) is 5.26 Å². The van der Waals surface area contributed by atoms with Crippen LogP contribution in [0.15, 0.2) is 12.1 Å². The maximum absolute atomic E-state index is 10.5. The Balaban J connectivity index is 3.54. The lowest BCUT2D eigenvalue weighted by atomic mass is 9.78. The highest BCUT2D eigenvalue weighted by Gasteiger charge is 2.29. The minimum absolute atomic E-state index is 0.00927. The maximum Gasteiger partial charge on any atom is 0.125 e. The monoisotopic (exact) mass is 305 g/mol. The highest BCUT2D eigenvalue weighted by Crippen LogP contribution is 2.40. The van der Waals surface area contributed by atoms with Gasteiger partial charge in [-0.1, -0.05) is 47.6 Å². The zero-order valence-corrected chi connectivity index (χ0v) is 14.3. The zero-order valence-electron chi connectivity index (χ0n) is 14.3. The second-order valence-electron chi connectivity index (χ2n) is 7.84. The Morgan fingerprint density at radius 2 is 1.59 bits per heavy atom. The third-order valence-electron chi connectivity index (χ3n) is 3.80. The smallest absolute Gasteiger partial charge is 0.125 e. The lowest BCUT2D eigenvalue weighted by molar-refractivity contribution is 0.0200. The van der Waals surface area contributed by atoms with E-state index in [2.05, 4.69) is 0 Å². The Morgan fingerprint density at radius 1 is 1.05 bits per heavy atom. The van der Waals surface area contributed by atoms with Crippen LogP contribution in [0.1, 0.15) is 70.8 Å². The van der Waals surface area contributed by atoms with Gasteiger partial charge in [0.05, 0.1) is 18.6 Å². The van der Waals surface area contributed by atoms with Gasteiger partial charge in [0.25, 0.3) is 0 Å². The summed E-state index contributed by atoms with van der Waals surface area (Å²) >= 11 is 0. The molecule has 0 aliphatic heterocycles. The largest absolute Gasteiger partial charge is 0.507 e. The van der Waals surface area contributed by atoms with E-state index in [1.807, 2.05) is 53.7 Å². The fourth-order valence-electron chi connectivity index (χ4n) is 2.30. The quantitative estimate of drug-likeness (QED) is 0.800. The van der Waals surface area contributed by atoms with Gasteiger partial charge in [0.2, 0.25) is 0 Å². The molecule has 22 heavy (non-hydrogen) atoms. The number of phenols is 1. The summed E-state index contributed by atoms with van der Waals surface area (Å²) in [6, 6.07) is 5.50. The molecule has 0 fully saturated rings. The summed E-state index contributed by atoms with van der Waals surface area (Å²) in [4.78, 5) is 0. The van der Waals surface area contributed by atoms with Gasteiger partial charge in [-0.15, -0.1) is 0 Å². The first-order valence-electron chi connectivity index (χ1n) is 7.50. The van der Waals surface area contributed by atoms with Crippen molar-refractivity contribution in [3.05, 3.63) is 28.8 Å². The van der Waals surface area contributed by atoms with Crippen LogP contribution in [0.4, 0.5) is 0 Å². The summed E-state index contributed by atoms with van der Waals surface area (Å²) in [5.41, 5.74) is 1.49. The molecule has 0 aliphatic rings. The van der Waals surface area contributed by atoms with Crippen molar-refractivity contribution in [1.29, 1.82) is 5.26 Å². The van der Waals surface area contributed by atoms with E-state index in [0.717, 1.165) is 11.1 Å². The molecule has 0 spiro atoms. The summed E-state index contributed by atoms with van der Waals surface area (Å²) < 4.78 is 0. The molecule has 0 saturated heterocycles. The number of aliphatic hydroxyl groups is 2. The lowest BCUT2D eigenvalue weighted by Crippen LogP contribution is -2.22. The molecule has 4 heteroatoms. The number of hydrogen-bond donors (Lipinski definition) is 3. The van der Waals surface area contributed by atoms with Gasteiger partial charge in [0, 0.05) is 5.56 Å². The van der Waals surface area contributed by atoms with Crippen molar-refractivity contribution in [2.24, 2.45) is 0 Å². The topological polar surface area (TPSA) is 84.5 Å². The zero-order chi connectivity index (χ0) is 17.3. The van der Waals surface area contributed by atoms with Crippen molar-refractivity contribution in [1.82, 2.24) is 0 Å². The van der Waals surface area contributed by atoms with E-state index in [-0.39, 0.29) is 28.6 Å². The van der Waals surface area contributed by atoms with Crippen molar-refractivity contribution in [2.75, 3.05) is 0 Å². The van der Waals surface area contributed by atoms with Crippen LogP contribution in [0.5, 0.6) is 5.75 Å². The Labute approximate surface area is 133 Å². The fourth-order valence-corrected chi connectivity index (χ4v) is 2.30. The number of aromatic hydroxyl groups is 1. The molecule has 3 N–H and O–H groups in total. The van der Waals surface area contributed by atoms with Crippen LogP contribution in [0.3, 0.4) is 0 Å². The molecular weight excluding hydrogens is 278 g/mol. The molecule has 4 nitrogen and oxygen atoms in total. The van der Waals surface area contributed by atoms with Gasteiger partial charge in [-0.3, -0.25) is 0 Å². The van der Waals surface area contributed by atoms with Gasteiger partial charge in [0.15, 0.2) is 0 Å². The predicted octanol–water partition coefficient (Wildman–Crippen LogP) is 3.30. The van der Waals surface area contributed by atoms with Gasteiger partial charge in [-0.05, 0) is 28.0 Å². The second-order valence-corrected chi connectivity index (χ2v) is 7.84. The average Bonchev–Trinajstić information content (AvgIpc) is 2.35. The highest BCUT2D eigenvalue weighted by atomic mass is 16.3. The lowest BCUT2D eigenvalue weighted by Gasteiger charge is -2.29. The fraction of sp³-hybridized carbons (Fsp3) is 0.611. The van der Waals surface area contributed by atoms with Gasteiger partial charge in [0.1, 0.15) is 11.9 Å². The molecule has 0 radical (unpaired) electrons. The molecule has 0 amide bonds. The van der Waals surface area contributed by atoms with Crippen LogP contribution in [-0.2, 0) is 10.8 Å². The van der Waals surface area contributed by atoms with E-state index in [9.17, 15) is 15.3 Å². The number of benzene rings is 1. The molecule has 122 valence electrons. The van der Waals surface area contributed by atoms with Crippen LogP contribution in [0, 0.1) is 11.3 Å². The number of aliphatic hydroxyl groups excluding tert-OH is 2. The SMILES string of the molecule is CC(C)(C)c1cc(C(O)C(O)CC#N)c(O)c(C(C)(C)C)c1. The summed E-state index contributed by atoms with van der Waals surface area (Å²) in [6.07, 6.45) is -2.70. The van der Waals surface area contributed by atoms with Gasteiger partial charge >= 0.3 is 0 Å².